The van der Waals surface area contributed by atoms with Crippen LogP contribution in [0.1, 0.15) is 32.6 Å². The van der Waals surface area contributed by atoms with Gasteiger partial charge in [0.2, 0.25) is 5.91 Å². The van der Waals surface area contributed by atoms with Crippen LogP contribution >= 0.6 is 7.82 Å². The molecule has 0 aliphatic heterocycles. The fraction of sp³-hybridized carbons (Fsp3) is 0.900. The van der Waals surface area contributed by atoms with Gasteiger partial charge in [0.25, 0.3) is 0 Å². The quantitative estimate of drug-likeness (QED) is 0.484. The van der Waals surface area contributed by atoms with Gasteiger partial charge in [-0.25, -0.2) is 4.57 Å². The topological polar surface area (TPSA) is 73.9 Å². The van der Waals surface area contributed by atoms with Crippen molar-refractivity contribution in [3.8, 4) is 0 Å². The van der Waals surface area contributed by atoms with Crippen LogP contribution in [0.5, 0.6) is 0 Å². The first-order valence-corrected chi connectivity index (χ1v) is 7.10. The fourth-order valence-corrected chi connectivity index (χ4v) is 1.91. The van der Waals surface area contributed by atoms with Crippen LogP contribution in [0.15, 0.2) is 0 Å². The van der Waals surface area contributed by atoms with Gasteiger partial charge in [-0.15, -0.1) is 0 Å². The van der Waals surface area contributed by atoms with Gasteiger partial charge in [-0.2, -0.15) is 0 Å². The summed E-state index contributed by atoms with van der Waals surface area (Å²) in [5, 5.41) is 2.72. The van der Waals surface area contributed by atoms with Crippen LogP contribution in [-0.4, -0.2) is 33.3 Å². The van der Waals surface area contributed by atoms with Crippen molar-refractivity contribution in [1.29, 1.82) is 0 Å². The van der Waals surface area contributed by atoms with Gasteiger partial charge in [0.15, 0.2) is 0 Å². The van der Waals surface area contributed by atoms with E-state index in [1.807, 2.05) is 0 Å². The van der Waals surface area contributed by atoms with Crippen molar-refractivity contribution in [2.45, 2.75) is 32.6 Å². The van der Waals surface area contributed by atoms with E-state index in [1.165, 1.54) is 21.1 Å². The van der Waals surface area contributed by atoms with Crippen LogP contribution in [0.2, 0.25) is 0 Å². The van der Waals surface area contributed by atoms with Crippen molar-refractivity contribution in [2.75, 3.05) is 27.4 Å². The molecule has 0 bridgehead atoms. The third-order valence-corrected chi connectivity index (χ3v) is 3.53. The summed E-state index contributed by atoms with van der Waals surface area (Å²) in [5.41, 5.74) is 0. The van der Waals surface area contributed by atoms with Gasteiger partial charge in [-0.05, 0) is 12.8 Å². The van der Waals surface area contributed by atoms with Gasteiger partial charge in [0.1, 0.15) is 0 Å². The minimum atomic E-state index is -3.31. The maximum Gasteiger partial charge on any atom is 0.474 e. The molecule has 0 saturated heterocycles. The van der Waals surface area contributed by atoms with Crippen molar-refractivity contribution >= 4 is 13.7 Å². The highest BCUT2D eigenvalue weighted by atomic mass is 31.2. The Bertz CT molecular complexity index is 251. The second kappa shape index (κ2) is 9.59. The molecule has 0 radical (unpaired) electrons. The Kier molecular flexibility index (Phi) is 9.36. The van der Waals surface area contributed by atoms with Crippen molar-refractivity contribution in [3.63, 3.8) is 0 Å². The van der Waals surface area contributed by atoms with E-state index < -0.39 is 7.82 Å². The molecule has 0 heterocycles. The second-order valence-corrected chi connectivity index (χ2v) is 5.43. The molecule has 0 rings (SSSR count). The Morgan fingerprint density at radius 1 is 1.12 bits per heavy atom. The van der Waals surface area contributed by atoms with E-state index in [0.717, 1.165) is 25.7 Å². The third kappa shape index (κ3) is 9.30. The van der Waals surface area contributed by atoms with Gasteiger partial charge in [-0.1, -0.05) is 12.8 Å². The number of phosphoric ester groups is 1. The Labute approximate surface area is 103 Å². The minimum absolute atomic E-state index is 0.00513. The number of carbonyl (C=O) groups is 1. The predicted octanol–water partition coefficient (Wildman–Crippen LogP) is 2.10. The summed E-state index contributed by atoms with van der Waals surface area (Å²) >= 11 is 0. The van der Waals surface area contributed by atoms with E-state index in [4.69, 9.17) is 4.52 Å². The molecule has 0 saturated carbocycles. The molecule has 0 unspecified atom stereocenters. The van der Waals surface area contributed by atoms with Crippen molar-refractivity contribution in [3.05, 3.63) is 0 Å². The Morgan fingerprint density at radius 2 is 1.71 bits per heavy atom. The van der Waals surface area contributed by atoms with E-state index in [0.29, 0.717) is 13.2 Å². The van der Waals surface area contributed by atoms with Crippen molar-refractivity contribution in [1.82, 2.24) is 5.32 Å². The summed E-state index contributed by atoms with van der Waals surface area (Å²) in [6.07, 6.45) is 3.67. The van der Waals surface area contributed by atoms with Gasteiger partial charge >= 0.3 is 7.82 Å². The van der Waals surface area contributed by atoms with E-state index >= 15 is 0 Å². The first kappa shape index (κ1) is 16.6. The summed E-state index contributed by atoms with van der Waals surface area (Å²) < 4.78 is 25.7. The molecule has 1 amide bonds. The molecule has 0 aromatic rings. The number of rotatable bonds is 10. The lowest BCUT2D eigenvalue weighted by molar-refractivity contribution is -0.118. The highest BCUT2D eigenvalue weighted by Gasteiger charge is 2.21. The third-order valence-electron chi connectivity index (χ3n) is 2.14. The minimum Gasteiger partial charge on any atom is -0.356 e. The lowest BCUT2D eigenvalue weighted by Gasteiger charge is -2.12. The zero-order chi connectivity index (χ0) is 13.1. The zero-order valence-electron chi connectivity index (χ0n) is 10.7. The number of nitrogens with one attached hydrogen (secondary N) is 1. The van der Waals surface area contributed by atoms with Crippen LogP contribution in [0, 0.1) is 0 Å². The molecule has 0 aliphatic rings. The average molecular weight is 267 g/mol. The Morgan fingerprint density at radius 3 is 2.24 bits per heavy atom. The molecule has 0 aromatic heterocycles. The molecular weight excluding hydrogens is 245 g/mol. The van der Waals surface area contributed by atoms with Crippen LogP contribution in [0.3, 0.4) is 0 Å². The maximum absolute atomic E-state index is 11.4. The first-order valence-electron chi connectivity index (χ1n) is 5.64. The van der Waals surface area contributed by atoms with Gasteiger partial charge in [0, 0.05) is 27.7 Å². The van der Waals surface area contributed by atoms with Crippen LogP contribution < -0.4 is 5.32 Å². The molecule has 0 aliphatic carbocycles. The number of carbonyl (C=O) groups excluding carboxylic acids is 1. The van der Waals surface area contributed by atoms with Crippen LogP contribution in [0.4, 0.5) is 0 Å². The Hall–Kier alpha value is -0.420. The molecule has 7 heteroatoms. The molecule has 0 fully saturated rings. The first-order chi connectivity index (χ1) is 8.04. The summed E-state index contributed by atoms with van der Waals surface area (Å²) in [7, 11) is -0.734. The smallest absolute Gasteiger partial charge is 0.356 e. The number of hydrogen-bond donors (Lipinski definition) is 1. The van der Waals surface area contributed by atoms with Crippen LogP contribution in [0.25, 0.3) is 0 Å². The molecule has 6 nitrogen and oxygen atoms in total. The van der Waals surface area contributed by atoms with Crippen LogP contribution in [-0.2, 0) is 22.9 Å². The van der Waals surface area contributed by atoms with E-state index in [2.05, 4.69) is 14.4 Å². The number of amides is 1. The molecule has 102 valence electrons. The van der Waals surface area contributed by atoms with E-state index in [1.54, 1.807) is 0 Å². The fourth-order valence-electron chi connectivity index (χ4n) is 1.20. The molecule has 0 aromatic carbocycles. The van der Waals surface area contributed by atoms with E-state index in [-0.39, 0.29) is 5.91 Å². The lowest BCUT2D eigenvalue weighted by atomic mass is 10.2. The SMILES string of the molecule is COP(=O)(OC)OCCCCCCNC(C)=O. The highest BCUT2D eigenvalue weighted by Crippen LogP contribution is 2.47. The predicted molar refractivity (Wildman–Crippen MR) is 64.7 cm³/mol. The number of unbranched alkanes of at least 4 members (excludes halogenated alkanes) is 3. The summed E-state index contributed by atoms with van der Waals surface area (Å²) in [4.78, 5) is 10.6. The molecule has 1 N–H and O–H groups in total. The van der Waals surface area contributed by atoms with Gasteiger partial charge < -0.3 is 5.32 Å². The molecule has 17 heavy (non-hydrogen) atoms. The molecular formula is C10H22NO5P. The number of phosphoric acid groups is 1. The van der Waals surface area contributed by atoms with Gasteiger partial charge in [0.05, 0.1) is 6.61 Å². The number of hydrogen-bond acceptors (Lipinski definition) is 5. The molecule has 0 atom stereocenters. The Balaban J connectivity index is 3.35. The van der Waals surface area contributed by atoms with Crippen molar-refractivity contribution in [2.24, 2.45) is 0 Å². The summed E-state index contributed by atoms with van der Waals surface area (Å²) in [6, 6.07) is 0. The normalized spacial score (nSPS) is 11.5. The standard InChI is InChI=1S/C10H22NO5P/c1-10(12)11-8-6-4-5-7-9-16-17(13,14-2)15-3/h4-9H2,1-3H3,(H,11,12). The largest absolute Gasteiger partial charge is 0.474 e. The maximum atomic E-state index is 11.4. The second-order valence-electron chi connectivity index (χ2n) is 3.54. The molecule has 0 spiro atoms. The summed E-state index contributed by atoms with van der Waals surface area (Å²) in [5.74, 6) is -0.00513. The zero-order valence-corrected chi connectivity index (χ0v) is 11.6. The summed E-state index contributed by atoms with van der Waals surface area (Å²) in [6.45, 7) is 2.55. The lowest BCUT2D eigenvalue weighted by Crippen LogP contribution is -2.20. The van der Waals surface area contributed by atoms with Gasteiger partial charge in [-0.3, -0.25) is 18.4 Å². The average Bonchev–Trinajstić information content (AvgIpc) is 2.32. The highest BCUT2D eigenvalue weighted by molar-refractivity contribution is 7.48. The van der Waals surface area contributed by atoms with Crippen molar-refractivity contribution < 1.29 is 22.9 Å². The van der Waals surface area contributed by atoms with E-state index in [9.17, 15) is 9.36 Å². The monoisotopic (exact) mass is 267 g/mol.